The minimum atomic E-state index is -0.332. The van der Waals surface area contributed by atoms with Crippen molar-refractivity contribution in [3.63, 3.8) is 0 Å². The highest BCUT2D eigenvalue weighted by Gasteiger charge is 2.27. The van der Waals surface area contributed by atoms with Gasteiger partial charge in [-0.25, -0.2) is 0 Å². The van der Waals surface area contributed by atoms with Crippen molar-refractivity contribution in [1.29, 1.82) is 0 Å². The largest absolute Gasteiger partial charge is 0.391 e. The van der Waals surface area contributed by atoms with E-state index in [1.165, 1.54) is 17.9 Å². The van der Waals surface area contributed by atoms with Gasteiger partial charge in [0.2, 0.25) is 0 Å². The van der Waals surface area contributed by atoms with Gasteiger partial charge in [-0.1, -0.05) is 13.8 Å². The number of hydrogen-bond donors (Lipinski definition) is 2. The van der Waals surface area contributed by atoms with E-state index in [0.717, 1.165) is 13.0 Å². The number of nitrogens with one attached hydrogen (secondary N) is 1. The standard InChI is InChI=1S/C12H25NO2S/c1-12(2)6-10(8-16-9-12)13-5-4-11(14)7-15-3/h10-11,13-14H,4-9H2,1-3H3. The second-order valence-electron chi connectivity index (χ2n) is 5.43. The van der Waals surface area contributed by atoms with Gasteiger partial charge < -0.3 is 15.2 Å². The van der Waals surface area contributed by atoms with Crippen molar-refractivity contribution in [3.05, 3.63) is 0 Å². The SMILES string of the molecule is COCC(O)CCNC1CSCC(C)(C)C1. The molecule has 4 heteroatoms. The highest BCUT2D eigenvalue weighted by molar-refractivity contribution is 7.99. The Morgan fingerprint density at radius 1 is 1.56 bits per heavy atom. The topological polar surface area (TPSA) is 41.5 Å². The van der Waals surface area contributed by atoms with Gasteiger partial charge in [0.1, 0.15) is 0 Å². The molecule has 3 nitrogen and oxygen atoms in total. The molecule has 1 aliphatic rings. The van der Waals surface area contributed by atoms with Crippen molar-refractivity contribution in [2.24, 2.45) is 5.41 Å². The molecule has 16 heavy (non-hydrogen) atoms. The summed E-state index contributed by atoms with van der Waals surface area (Å²) in [5.41, 5.74) is 0.450. The molecule has 1 fully saturated rings. The number of ether oxygens (including phenoxy) is 1. The lowest BCUT2D eigenvalue weighted by molar-refractivity contribution is 0.0588. The Kier molecular flexibility index (Phi) is 6.11. The highest BCUT2D eigenvalue weighted by Crippen LogP contribution is 2.33. The van der Waals surface area contributed by atoms with Gasteiger partial charge in [0.05, 0.1) is 12.7 Å². The summed E-state index contributed by atoms with van der Waals surface area (Å²) in [6.45, 7) is 5.97. The van der Waals surface area contributed by atoms with Crippen LogP contribution < -0.4 is 5.32 Å². The maximum Gasteiger partial charge on any atom is 0.0785 e. The predicted molar refractivity (Wildman–Crippen MR) is 70.0 cm³/mol. The van der Waals surface area contributed by atoms with Crippen LogP contribution in [0.5, 0.6) is 0 Å². The van der Waals surface area contributed by atoms with E-state index in [0.29, 0.717) is 18.1 Å². The minimum Gasteiger partial charge on any atom is -0.391 e. The maximum atomic E-state index is 9.51. The van der Waals surface area contributed by atoms with Crippen molar-refractivity contribution >= 4 is 11.8 Å². The summed E-state index contributed by atoms with van der Waals surface area (Å²) in [6, 6.07) is 0.600. The Hall–Kier alpha value is 0.230. The lowest BCUT2D eigenvalue weighted by Gasteiger charge is -2.35. The first-order valence-electron chi connectivity index (χ1n) is 6.01. The molecule has 2 N–H and O–H groups in total. The molecule has 0 aromatic heterocycles. The fourth-order valence-electron chi connectivity index (χ4n) is 2.12. The fraction of sp³-hybridized carbons (Fsp3) is 1.00. The van der Waals surface area contributed by atoms with E-state index in [1.807, 2.05) is 11.8 Å². The average Bonchev–Trinajstić information content (AvgIpc) is 2.16. The number of rotatable bonds is 6. The number of hydrogen-bond acceptors (Lipinski definition) is 4. The molecular weight excluding hydrogens is 222 g/mol. The Morgan fingerprint density at radius 2 is 2.31 bits per heavy atom. The summed E-state index contributed by atoms with van der Waals surface area (Å²) >= 11 is 2.03. The van der Waals surface area contributed by atoms with E-state index >= 15 is 0 Å². The molecule has 1 heterocycles. The van der Waals surface area contributed by atoms with Crippen LogP contribution in [0.2, 0.25) is 0 Å². The monoisotopic (exact) mass is 247 g/mol. The van der Waals surface area contributed by atoms with Crippen LogP contribution in [-0.2, 0) is 4.74 Å². The van der Waals surface area contributed by atoms with Gasteiger partial charge in [-0.2, -0.15) is 11.8 Å². The van der Waals surface area contributed by atoms with E-state index in [9.17, 15) is 5.11 Å². The molecule has 1 saturated heterocycles. The predicted octanol–water partition coefficient (Wildman–Crippen LogP) is 1.51. The number of methoxy groups -OCH3 is 1. The van der Waals surface area contributed by atoms with E-state index in [4.69, 9.17) is 4.74 Å². The van der Waals surface area contributed by atoms with Crippen molar-refractivity contribution < 1.29 is 9.84 Å². The van der Waals surface area contributed by atoms with E-state index in [2.05, 4.69) is 19.2 Å². The first kappa shape index (κ1) is 14.3. The number of thioether (sulfide) groups is 1. The van der Waals surface area contributed by atoms with Crippen LogP contribution in [0.4, 0.5) is 0 Å². The Bertz CT molecular complexity index is 199. The number of aliphatic hydroxyl groups is 1. The summed E-state index contributed by atoms with van der Waals surface area (Å²) in [4.78, 5) is 0. The van der Waals surface area contributed by atoms with Gasteiger partial charge in [0.15, 0.2) is 0 Å². The summed E-state index contributed by atoms with van der Waals surface area (Å²) < 4.78 is 4.90. The number of aliphatic hydroxyl groups excluding tert-OH is 1. The summed E-state index contributed by atoms with van der Waals surface area (Å²) in [5, 5.41) is 13.0. The van der Waals surface area contributed by atoms with Gasteiger partial charge in [-0.05, 0) is 30.6 Å². The molecule has 1 rings (SSSR count). The minimum absolute atomic E-state index is 0.332. The smallest absolute Gasteiger partial charge is 0.0785 e. The van der Waals surface area contributed by atoms with Crippen molar-refractivity contribution in [2.75, 3.05) is 31.8 Å². The quantitative estimate of drug-likeness (QED) is 0.746. The molecule has 2 atom stereocenters. The lowest BCUT2D eigenvalue weighted by atomic mass is 9.88. The zero-order chi connectivity index (χ0) is 12.0. The molecule has 96 valence electrons. The van der Waals surface area contributed by atoms with E-state index in [1.54, 1.807) is 7.11 Å². The second-order valence-corrected chi connectivity index (χ2v) is 6.46. The Labute approximate surface area is 103 Å². The van der Waals surface area contributed by atoms with Gasteiger partial charge in [-0.3, -0.25) is 0 Å². The summed E-state index contributed by atoms with van der Waals surface area (Å²) in [5.74, 6) is 2.46. The third-order valence-corrected chi connectivity index (χ3v) is 4.50. The molecule has 0 amide bonds. The van der Waals surface area contributed by atoms with Crippen LogP contribution in [0.25, 0.3) is 0 Å². The molecule has 0 spiro atoms. The van der Waals surface area contributed by atoms with E-state index in [-0.39, 0.29) is 6.10 Å². The molecular formula is C12H25NO2S. The molecule has 0 bridgehead atoms. The zero-order valence-electron chi connectivity index (χ0n) is 10.7. The van der Waals surface area contributed by atoms with Crippen LogP contribution in [0, 0.1) is 5.41 Å². The van der Waals surface area contributed by atoms with Crippen LogP contribution in [0.15, 0.2) is 0 Å². The molecule has 1 aliphatic heterocycles. The lowest BCUT2D eigenvalue weighted by Crippen LogP contribution is -2.41. The normalized spacial score (nSPS) is 26.6. The maximum absolute atomic E-state index is 9.51. The van der Waals surface area contributed by atoms with Crippen molar-refractivity contribution in [2.45, 2.75) is 38.8 Å². The van der Waals surface area contributed by atoms with Crippen LogP contribution >= 0.6 is 11.8 Å². The van der Waals surface area contributed by atoms with Crippen molar-refractivity contribution in [3.8, 4) is 0 Å². The highest BCUT2D eigenvalue weighted by atomic mass is 32.2. The van der Waals surface area contributed by atoms with Crippen molar-refractivity contribution in [1.82, 2.24) is 5.32 Å². The second kappa shape index (κ2) is 6.84. The molecule has 2 unspecified atom stereocenters. The average molecular weight is 247 g/mol. The van der Waals surface area contributed by atoms with Gasteiger partial charge in [0, 0.05) is 18.9 Å². The first-order valence-corrected chi connectivity index (χ1v) is 7.17. The molecule has 0 saturated carbocycles. The van der Waals surface area contributed by atoms with E-state index < -0.39 is 0 Å². The van der Waals surface area contributed by atoms with Gasteiger partial charge in [0.25, 0.3) is 0 Å². The van der Waals surface area contributed by atoms with Gasteiger partial charge >= 0.3 is 0 Å². The third-order valence-electron chi connectivity index (χ3n) is 2.88. The zero-order valence-corrected chi connectivity index (χ0v) is 11.5. The Balaban J connectivity index is 2.13. The molecule has 0 aromatic rings. The summed E-state index contributed by atoms with van der Waals surface area (Å²) in [7, 11) is 1.62. The third kappa shape index (κ3) is 5.53. The van der Waals surface area contributed by atoms with Crippen LogP contribution in [0.1, 0.15) is 26.7 Å². The molecule has 0 aromatic carbocycles. The van der Waals surface area contributed by atoms with Crippen LogP contribution in [-0.4, -0.2) is 49.0 Å². The first-order chi connectivity index (χ1) is 7.53. The summed E-state index contributed by atoms with van der Waals surface area (Å²) in [6.07, 6.45) is 1.68. The van der Waals surface area contributed by atoms with Gasteiger partial charge in [-0.15, -0.1) is 0 Å². The molecule has 0 radical (unpaired) electrons. The molecule has 0 aliphatic carbocycles. The Morgan fingerprint density at radius 3 is 2.94 bits per heavy atom. The fourth-order valence-corrected chi connectivity index (χ4v) is 3.43. The van der Waals surface area contributed by atoms with Crippen LogP contribution in [0.3, 0.4) is 0 Å².